The van der Waals surface area contributed by atoms with Crippen LogP contribution in [0.4, 0.5) is 0 Å². The Morgan fingerprint density at radius 3 is 2.80 bits per heavy atom. The topological polar surface area (TPSA) is 122 Å². The van der Waals surface area contributed by atoms with Crippen LogP contribution in [-0.2, 0) is 19.6 Å². The lowest BCUT2D eigenvalue weighted by Crippen LogP contribution is -2.24. The molecule has 6 rings (SSSR count). The second kappa shape index (κ2) is 13.5. The molecular weight excluding hydrogens is 592 g/mol. The monoisotopic (exact) mass is 622 g/mol. The number of oxazole rings is 1. The fraction of sp³-hybridized carbons (Fsp3) is 0.257. The van der Waals surface area contributed by atoms with E-state index in [0.717, 1.165) is 52.9 Å². The molecule has 1 saturated heterocycles. The van der Waals surface area contributed by atoms with Crippen LogP contribution in [0.25, 0.3) is 22.2 Å². The van der Waals surface area contributed by atoms with E-state index in [2.05, 4.69) is 22.0 Å². The van der Waals surface area contributed by atoms with Gasteiger partial charge in [-0.2, -0.15) is 5.26 Å². The molecule has 0 spiro atoms. The number of pyridine rings is 1. The lowest BCUT2D eigenvalue weighted by Gasteiger charge is -2.15. The fourth-order valence-electron chi connectivity index (χ4n) is 5.49. The maximum atomic E-state index is 11.7. The molecule has 10 heteroatoms. The van der Waals surface area contributed by atoms with Gasteiger partial charge in [-0.05, 0) is 59.9 Å². The summed E-state index contributed by atoms with van der Waals surface area (Å²) in [5.41, 5.74) is 7.04. The van der Waals surface area contributed by atoms with Crippen molar-refractivity contribution in [2.24, 2.45) is 0 Å². The Bertz CT molecular complexity index is 1900. The Kier molecular flexibility index (Phi) is 9.08. The van der Waals surface area contributed by atoms with Crippen LogP contribution in [0.1, 0.15) is 44.9 Å². The van der Waals surface area contributed by atoms with E-state index in [1.807, 2.05) is 37.3 Å². The number of nitrogens with zero attached hydrogens (tertiary/aromatic N) is 4. The van der Waals surface area contributed by atoms with Crippen LogP contribution in [0.3, 0.4) is 0 Å². The van der Waals surface area contributed by atoms with Crippen molar-refractivity contribution in [1.82, 2.24) is 14.9 Å². The van der Waals surface area contributed by atoms with Crippen molar-refractivity contribution in [2.45, 2.75) is 39.1 Å². The number of aliphatic hydroxyl groups excluding tert-OH is 1. The highest BCUT2D eigenvalue weighted by Crippen LogP contribution is 2.34. The summed E-state index contributed by atoms with van der Waals surface area (Å²) < 4.78 is 18.0. The molecule has 9 nitrogen and oxygen atoms in total. The molecule has 0 radical (unpaired) electrons. The summed E-state index contributed by atoms with van der Waals surface area (Å²) in [6.45, 7) is 4.81. The smallest absolute Gasteiger partial charge is 0.196 e. The summed E-state index contributed by atoms with van der Waals surface area (Å²) in [5.74, 6) is 1.39. The Morgan fingerprint density at radius 2 is 2.00 bits per heavy atom. The third-order valence-corrected chi connectivity index (χ3v) is 8.27. The molecule has 1 aliphatic rings. The molecular formula is C35H31ClN4O5. The van der Waals surface area contributed by atoms with Crippen molar-refractivity contribution in [3.05, 3.63) is 106 Å². The van der Waals surface area contributed by atoms with Gasteiger partial charge in [0, 0.05) is 50.1 Å². The number of hydrogen-bond acceptors (Lipinski definition) is 9. The molecule has 1 N–H and O–H groups in total. The van der Waals surface area contributed by atoms with Gasteiger partial charge in [-0.25, -0.2) is 4.98 Å². The van der Waals surface area contributed by atoms with E-state index in [-0.39, 0.29) is 24.9 Å². The van der Waals surface area contributed by atoms with E-state index in [1.54, 1.807) is 18.3 Å². The van der Waals surface area contributed by atoms with Crippen molar-refractivity contribution >= 4 is 29.0 Å². The molecule has 1 atom stereocenters. The van der Waals surface area contributed by atoms with Gasteiger partial charge in [0.15, 0.2) is 17.8 Å². The molecule has 0 bridgehead atoms. The van der Waals surface area contributed by atoms with Crippen molar-refractivity contribution < 1.29 is 23.8 Å². The molecule has 0 amide bonds. The molecule has 0 aliphatic carbocycles. The number of aromatic nitrogens is 2. The number of aliphatic hydroxyl groups is 1. The predicted molar refractivity (Wildman–Crippen MR) is 169 cm³/mol. The number of nitriles is 1. The van der Waals surface area contributed by atoms with Crippen molar-refractivity contribution in [1.29, 1.82) is 5.26 Å². The average Bonchev–Trinajstić information content (AvgIpc) is 3.67. The molecule has 228 valence electrons. The molecule has 45 heavy (non-hydrogen) atoms. The SMILES string of the molecule is Cc1c(COc2cc(OCc3cncc(C#N)c3)c(C=O)cc2Cl)cccc1-c1ccc2oc(CCN3CC[C@H](O)C3)nc2c1. The third-order valence-electron chi connectivity index (χ3n) is 7.97. The van der Waals surface area contributed by atoms with Crippen LogP contribution < -0.4 is 9.47 Å². The third kappa shape index (κ3) is 6.99. The zero-order valence-corrected chi connectivity index (χ0v) is 25.5. The molecule has 3 aromatic carbocycles. The van der Waals surface area contributed by atoms with Crippen LogP contribution in [0.15, 0.2) is 71.4 Å². The Labute approximate surface area is 265 Å². The van der Waals surface area contributed by atoms with Gasteiger partial charge in [0.2, 0.25) is 0 Å². The Morgan fingerprint density at radius 1 is 1.13 bits per heavy atom. The number of carbonyl (C=O) groups excluding carboxylic acids is 1. The second-order valence-corrected chi connectivity index (χ2v) is 11.5. The van der Waals surface area contributed by atoms with Gasteiger partial charge in [-0.15, -0.1) is 0 Å². The molecule has 0 unspecified atom stereocenters. The van der Waals surface area contributed by atoms with Gasteiger partial charge in [0.05, 0.1) is 22.3 Å². The highest BCUT2D eigenvalue weighted by atomic mass is 35.5. The van der Waals surface area contributed by atoms with Crippen LogP contribution >= 0.6 is 11.6 Å². The number of carbonyl (C=O) groups is 1. The molecule has 1 fully saturated rings. The molecule has 2 aromatic heterocycles. The maximum absolute atomic E-state index is 11.7. The minimum Gasteiger partial charge on any atom is -0.488 e. The van der Waals surface area contributed by atoms with E-state index in [0.29, 0.717) is 52.8 Å². The summed E-state index contributed by atoms with van der Waals surface area (Å²) in [5, 5.41) is 19.2. The van der Waals surface area contributed by atoms with Gasteiger partial charge < -0.3 is 23.9 Å². The zero-order chi connectivity index (χ0) is 31.3. The Hall–Kier alpha value is -4.75. The average molecular weight is 623 g/mol. The van der Waals surface area contributed by atoms with Crippen LogP contribution in [0.2, 0.25) is 5.02 Å². The lowest BCUT2D eigenvalue weighted by molar-refractivity contribution is 0.111. The number of hydrogen-bond donors (Lipinski definition) is 1. The number of fused-ring (bicyclic) bond motifs is 1. The van der Waals surface area contributed by atoms with E-state index < -0.39 is 0 Å². The van der Waals surface area contributed by atoms with Crippen LogP contribution in [-0.4, -0.2) is 52.0 Å². The number of rotatable bonds is 11. The maximum Gasteiger partial charge on any atom is 0.196 e. The van der Waals surface area contributed by atoms with E-state index in [1.165, 1.54) is 12.3 Å². The number of β-amino-alcohol motifs (C(OH)–C–C–N with tert-alkyl or cyclic N) is 1. The fourth-order valence-corrected chi connectivity index (χ4v) is 5.72. The molecule has 3 heterocycles. The summed E-state index contributed by atoms with van der Waals surface area (Å²) in [6.07, 6.45) is 5.02. The minimum absolute atomic E-state index is 0.117. The van der Waals surface area contributed by atoms with Crippen LogP contribution in [0, 0.1) is 18.3 Å². The number of benzene rings is 3. The normalized spacial score (nSPS) is 14.8. The highest BCUT2D eigenvalue weighted by molar-refractivity contribution is 6.32. The summed E-state index contributed by atoms with van der Waals surface area (Å²) in [7, 11) is 0. The van der Waals surface area contributed by atoms with Gasteiger partial charge >= 0.3 is 0 Å². The first kappa shape index (κ1) is 30.3. The van der Waals surface area contributed by atoms with E-state index >= 15 is 0 Å². The second-order valence-electron chi connectivity index (χ2n) is 11.1. The predicted octanol–water partition coefficient (Wildman–Crippen LogP) is 6.30. The molecule has 5 aromatic rings. The summed E-state index contributed by atoms with van der Waals surface area (Å²) in [6, 6.07) is 18.9. The summed E-state index contributed by atoms with van der Waals surface area (Å²) in [4.78, 5) is 22.7. The van der Waals surface area contributed by atoms with Crippen molar-refractivity contribution in [3.63, 3.8) is 0 Å². The van der Waals surface area contributed by atoms with E-state index in [9.17, 15) is 9.90 Å². The zero-order valence-electron chi connectivity index (χ0n) is 24.7. The van der Waals surface area contributed by atoms with Gasteiger partial charge in [0.25, 0.3) is 0 Å². The number of likely N-dealkylation sites (tertiary alicyclic amines) is 1. The number of halogens is 1. The van der Waals surface area contributed by atoms with Crippen molar-refractivity contribution in [2.75, 3.05) is 19.6 Å². The summed E-state index contributed by atoms with van der Waals surface area (Å²) >= 11 is 6.48. The number of ether oxygens (including phenoxy) is 2. The lowest BCUT2D eigenvalue weighted by atomic mass is 9.96. The minimum atomic E-state index is -0.240. The molecule has 0 saturated carbocycles. The van der Waals surface area contributed by atoms with Crippen molar-refractivity contribution in [3.8, 4) is 28.7 Å². The quantitative estimate of drug-likeness (QED) is 0.169. The van der Waals surface area contributed by atoms with Gasteiger partial charge in [0.1, 0.15) is 36.3 Å². The molecule has 1 aliphatic heterocycles. The van der Waals surface area contributed by atoms with Crippen LogP contribution in [0.5, 0.6) is 11.5 Å². The van der Waals surface area contributed by atoms with E-state index in [4.69, 9.17) is 35.7 Å². The largest absolute Gasteiger partial charge is 0.488 e. The van der Waals surface area contributed by atoms with Gasteiger partial charge in [-0.3, -0.25) is 9.78 Å². The Balaban J connectivity index is 1.16. The first-order valence-corrected chi connectivity index (χ1v) is 15.0. The standard InChI is InChI=1S/C35H31ClN4O5/c1-22-26(21-44-34-14-33(27(19-41)12-30(34)36)43-20-24-11-23(15-37)16-38-17-24)3-2-4-29(22)25-5-6-32-31(13-25)39-35(45-32)8-10-40-9-7-28(42)18-40/h2-6,11-14,16-17,19,28,42H,7-10,18,20-21H2,1H3/t28-/m0/s1. The number of aldehydes is 1. The van der Waals surface area contributed by atoms with Gasteiger partial charge in [-0.1, -0.05) is 35.9 Å². The first-order chi connectivity index (χ1) is 21.9. The first-order valence-electron chi connectivity index (χ1n) is 14.7. The highest BCUT2D eigenvalue weighted by Gasteiger charge is 2.20.